The number of rotatable bonds is 12. The first-order valence-corrected chi connectivity index (χ1v) is 24.4. The fourth-order valence-electron chi connectivity index (χ4n) is 7.26. The van der Waals surface area contributed by atoms with Crippen molar-refractivity contribution in [2.75, 3.05) is 6.61 Å². The first-order chi connectivity index (χ1) is 21.5. The summed E-state index contributed by atoms with van der Waals surface area (Å²) in [7, 11) is -4.55. The summed E-state index contributed by atoms with van der Waals surface area (Å²) in [6.07, 6.45) is 15.3. The Kier molecular flexibility index (Phi) is 12.8. The summed E-state index contributed by atoms with van der Waals surface area (Å²) in [5, 5.41) is -0.0208. The lowest BCUT2D eigenvalue weighted by atomic mass is 9.64. The summed E-state index contributed by atoms with van der Waals surface area (Å²) in [6, 6.07) is 0. The Labute approximate surface area is 291 Å². The van der Waals surface area contributed by atoms with Crippen LogP contribution in [0.1, 0.15) is 127 Å². The normalized spacial score (nSPS) is 29.4. The summed E-state index contributed by atoms with van der Waals surface area (Å²) in [4.78, 5) is 13.2. The van der Waals surface area contributed by atoms with E-state index in [-0.39, 0.29) is 40.3 Å². The summed E-state index contributed by atoms with van der Waals surface area (Å²) in [5.41, 5.74) is 5.55. The number of carbonyl (C=O) groups is 1. The number of ether oxygens (including phenoxy) is 2. The fourth-order valence-corrected chi connectivity index (χ4v) is 10.0. The molecule has 4 atom stereocenters. The zero-order chi connectivity index (χ0) is 35.6. The van der Waals surface area contributed by atoms with Crippen LogP contribution in [-0.4, -0.2) is 47.2 Å². The van der Waals surface area contributed by atoms with E-state index >= 15 is 0 Å². The van der Waals surface area contributed by atoms with Crippen molar-refractivity contribution < 1.29 is 23.1 Å². The van der Waals surface area contributed by atoms with Crippen molar-refractivity contribution in [3.63, 3.8) is 0 Å². The Morgan fingerprint density at radius 1 is 1.02 bits per heavy atom. The molecule has 0 amide bonds. The zero-order valence-electron chi connectivity index (χ0n) is 32.8. The van der Waals surface area contributed by atoms with E-state index in [2.05, 4.69) is 106 Å². The summed E-state index contributed by atoms with van der Waals surface area (Å²) in [5.74, 6) is -0.804. The SMILES string of the molecule is C=C1C(=CC=C2CCC[C@]3(C)C(CC)=CC[C@H]23)C[C@@](OCC(=O)OC(CC)CC)(O[Si](C)(C)C(C)(C)C)C[C@@H]1O[Si](C)(C)C(C)(C)C. The van der Waals surface area contributed by atoms with Gasteiger partial charge in [0, 0.05) is 12.8 Å². The van der Waals surface area contributed by atoms with Crippen LogP contribution in [0, 0.1) is 11.3 Å². The number of esters is 1. The quantitative estimate of drug-likeness (QED) is 0.0885. The highest BCUT2D eigenvalue weighted by atomic mass is 28.4. The molecule has 0 unspecified atom stereocenters. The Hall–Kier alpha value is -1.26. The monoisotopic (exact) mass is 686 g/mol. The molecule has 7 heteroatoms. The van der Waals surface area contributed by atoms with Crippen molar-refractivity contribution in [2.45, 2.75) is 181 Å². The van der Waals surface area contributed by atoms with E-state index in [1.165, 1.54) is 18.4 Å². The Balaban J connectivity index is 2.10. The van der Waals surface area contributed by atoms with Gasteiger partial charge in [0.05, 0.1) is 6.10 Å². The van der Waals surface area contributed by atoms with Crippen LogP contribution in [0.4, 0.5) is 0 Å². The van der Waals surface area contributed by atoms with Gasteiger partial charge in [-0.15, -0.1) is 0 Å². The molecule has 0 bridgehead atoms. The van der Waals surface area contributed by atoms with Gasteiger partial charge in [0.2, 0.25) is 0 Å². The fraction of sp³-hybridized carbons (Fsp3) is 0.775. The maximum absolute atomic E-state index is 13.2. The third-order valence-corrected chi connectivity index (χ3v) is 21.5. The molecule has 0 heterocycles. The van der Waals surface area contributed by atoms with Gasteiger partial charge in [0.15, 0.2) is 22.4 Å². The minimum atomic E-state index is -2.35. The van der Waals surface area contributed by atoms with Crippen LogP contribution in [0.15, 0.2) is 47.1 Å². The topological polar surface area (TPSA) is 54.0 Å². The molecular weight excluding hydrogens is 617 g/mol. The lowest BCUT2D eigenvalue weighted by Gasteiger charge is -2.51. The number of hydrogen-bond acceptors (Lipinski definition) is 5. The largest absolute Gasteiger partial charge is 0.461 e. The first kappa shape index (κ1) is 40.2. The molecule has 0 aromatic heterocycles. The zero-order valence-corrected chi connectivity index (χ0v) is 34.8. The molecule has 2 fully saturated rings. The van der Waals surface area contributed by atoms with Gasteiger partial charge in [0.1, 0.15) is 12.7 Å². The van der Waals surface area contributed by atoms with E-state index in [0.717, 1.165) is 43.3 Å². The van der Waals surface area contributed by atoms with E-state index in [1.54, 1.807) is 5.57 Å². The minimum absolute atomic E-state index is 0.0263. The van der Waals surface area contributed by atoms with Crippen LogP contribution < -0.4 is 0 Å². The maximum Gasteiger partial charge on any atom is 0.332 e. The van der Waals surface area contributed by atoms with Crippen molar-refractivity contribution in [3.8, 4) is 0 Å². The van der Waals surface area contributed by atoms with Gasteiger partial charge in [-0.3, -0.25) is 0 Å². The van der Waals surface area contributed by atoms with Gasteiger partial charge in [-0.1, -0.05) is 105 Å². The van der Waals surface area contributed by atoms with Crippen LogP contribution >= 0.6 is 0 Å². The second-order valence-corrected chi connectivity index (χ2v) is 27.3. The molecular formula is C40H70O5Si2. The Morgan fingerprint density at radius 3 is 2.19 bits per heavy atom. The molecule has 0 aromatic carbocycles. The molecule has 0 aliphatic heterocycles. The second kappa shape index (κ2) is 14.9. The Morgan fingerprint density at radius 2 is 1.64 bits per heavy atom. The predicted molar refractivity (Wildman–Crippen MR) is 202 cm³/mol. The molecule has 3 rings (SSSR count). The third kappa shape index (κ3) is 9.11. The van der Waals surface area contributed by atoms with E-state index in [4.69, 9.17) is 18.3 Å². The lowest BCUT2D eigenvalue weighted by Crippen LogP contribution is -2.56. The first-order valence-electron chi connectivity index (χ1n) is 18.5. The predicted octanol–water partition coefficient (Wildman–Crippen LogP) is 11.6. The van der Waals surface area contributed by atoms with Gasteiger partial charge in [-0.2, -0.15) is 0 Å². The van der Waals surface area contributed by atoms with Crippen LogP contribution in [-0.2, 0) is 23.1 Å². The van der Waals surface area contributed by atoms with E-state index in [9.17, 15) is 4.79 Å². The van der Waals surface area contributed by atoms with E-state index in [0.29, 0.717) is 18.8 Å². The molecule has 268 valence electrons. The molecule has 3 aliphatic rings. The second-order valence-electron chi connectivity index (χ2n) is 17.8. The van der Waals surface area contributed by atoms with Crippen molar-refractivity contribution in [3.05, 3.63) is 47.1 Å². The van der Waals surface area contributed by atoms with Crippen LogP contribution in [0.3, 0.4) is 0 Å². The summed E-state index contributed by atoms with van der Waals surface area (Å²) in [6.45, 7) is 36.1. The smallest absolute Gasteiger partial charge is 0.332 e. The molecule has 0 N–H and O–H groups in total. The minimum Gasteiger partial charge on any atom is -0.461 e. The molecule has 3 aliphatic carbocycles. The number of hydrogen-bond donors (Lipinski definition) is 0. The standard InChI is InChI=1S/C40H70O5Si2/c1-16-32-23-24-34-30(20-19-25-39(32,34)11)21-22-31-26-40(45-47(14,15)38(8,9)10,42-28-36(41)43-33(17-2)18-3)27-35(29(31)4)44-46(12,13)37(5,6)7/h21-23,33-35H,4,16-20,24-28H2,1-3,5-15H3/t34-,35+,39-,40-/m1/s1. The van der Waals surface area contributed by atoms with Gasteiger partial charge >= 0.3 is 5.97 Å². The van der Waals surface area contributed by atoms with Gasteiger partial charge in [-0.05, 0) is 104 Å². The lowest BCUT2D eigenvalue weighted by molar-refractivity contribution is -0.217. The molecule has 0 aromatic rings. The molecule has 0 saturated heterocycles. The van der Waals surface area contributed by atoms with Gasteiger partial charge in [-0.25, -0.2) is 4.79 Å². The van der Waals surface area contributed by atoms with E-state index in [1.807, 2.05) is 13.8 Å². The van der Waals surface area contributed by atoms with Gasteiger partial charge in [0.25, 0.3) is 0 Å². The number of fused-ring (bicyclic) bond motifs is 1. The highest BCUT2D eigenvalue weighted by molar-refractivity contribution is 6.74. The van der Waals surface area contributed by atoms with Crippen molar-refractivity contribution in [1.29, 1.82) is 0 Å². The Bertz CT molecular complexity index is 1230. The highest BCUT2D eigenvalue weighted by Crippen LogP contribution is 2.56. The third-order valence-electron chi connectivity index (χ3n) is 12.5. The van der Waals surface area contributed by atoms with E-state index < -0.39 is 22.4 Å². The van der Waals surface area contributed by atoms with Crippen molar-refractivity contribution in [2.24, 2.45) is 11.3 Å². The van der Waals surface area contributed by atoms with Crippen molar-refractivity contribution >= 4 is 22.6 Å². The maximum atomic E-state index is 13.2. The average molecular weight is 687 g/mol. The molecule has 0 radical (unpaired) electrons. The van der Waals surface area contributed by atoms with Gasteiger partial charge < -0.3 is 18.3 Å². The summed E-state index contributed by atoms with van der Waals surface area (Å²) >= 11 is 0. The summed E-state index contributed by atoms with van der Waals surface area (Å²) < 4.78 is 27.0. The number of allylic oxidation sites excluding steroid dienone is 5. The van der Waals surface area contributed by atoms with Crippen molar-refractivity contribution in [1.82, 2.24) is 0 Å². The molecule has 2 saturated carbocycles. The number of carbonyl (C=O) groups excluding carboxylic acids is 1. The average Bonchev–Trinajstić information content (AvgIpc) is 3.30. The van der Waals surface area contributed by atoms with Crippen LogP contribution in [0.2, 0.25) is 36.3 Å². The molecule has 5 nitrogen and oxygen atoms in total. The van der Waals surface area contributed by atoms with Crippen LogP contribution in [0.25, 0.3) is 0 Å². The highest BCUT2D eigenvalue weighted by Gasteiger charge is 2.52. The molecule has 0 spiro atoms. The van der Waals surface area contributed by atoms with Crippen LogP contribution in [0.5, 0.6) is 0 Å². The molecule has 47 heavy (non-hydrogen) atoms.